The maximum Gasteiger partial charge on any atom is 0.233 e. The first-order valence-corrected chi connectivity index (χ1v) is 8.67. The number of halogens is 2. The Morgan fingerprint density at radius 2 is 2.00 bits per heavy atom. The number of carbonyl (C=O) groups is 1. The summed E-state index contributed by atoms with van der Waals surface area (Å²) in [5, 5.41) is 0. The first-order chi connectivity index (χ1) is 10.1. The molecule has 2 aromatic rings. The van der Waals surface area contributed by atoms with Crippen molar-refractivity contribution in [3.63, 3.8) is 0 Å². The first-order valence-electron chi connectivity index (χ1n) is 6.49. The Kier molecular flexibility index (Phi) is 6.08. The van der Waals surface area contributed by atoms with Crippen LogP contribution in [0.2, 0.25) is 4.34 Å². The van der Waals surface area contributed by atoms with Gasteiger partial charge in [0.15, 0.2) is 0 Å². The van der Waals surface area contributed by atoms with Gasteiger partial charge in [0.05, 0.1) is 16.6 Å². The van der Waals surface area contributed by atoms with Crippen LogP contribution in [0.5, 0.6) is 0 Å². The Balaban J connectivity index is 1.89. The molecule has 0 N–H and O–H groups in total. The summed E-state index contributed by atoms with van der Waals surface area (Å²) < 4.78 is 13.5. The molecule has 1 aromatic heterocycles. The number of rotatable bonds is 6. The highest BCUT2D eigenvalue weighted by Crippen LogP contribution is 2.23. The van der Waals surface area contributed by atoms with Gasteiger partial charge in [0.1, 0.15) is 5.82 Å². The number of thiophene rings is 1. The minimum absolute atomic E-state index is 0.0661. The van der Waals surface area contributed by atoms with Crippen LogP contribution in [0.4, 0.5) is 4.39 Å². The largest absolute Gasteiger partial charge is 0.337 e. The summed E-state index contributed by atoms with van der Waals surface area (Å²) in [4.78, 5) is 16.0. The number of benzene rings is 1. The molecule has 0 bridgehead atoms. The predicted octanol–water partition coefficient (Wildman–Crippen LogP) is 4.68. The second kappa shape index (κ2) is 7.82. The molecule has 0 atom stereocenters. The Bertz CT molecular complexity index is 600. The lowest BCUT2D eigenvalue weighted by Crippen LogP contribution is -2.31. The van der Waals surface area contributed by atoms with Crippen LogP contribution in [0.15, 0.2) is 41.3 Å². The molecule has 21 heavy (non-hydrogen) atoms. The fraction of sp³-hybridized carbons (Fsp3) is 0.267. The van der Waals surface area contributed by atoms with Crippen LogP contribution in [0.1, 0.15) is 11.8 Å². The van der Waals surface area contributed by atoms with Crippen molar-refractivity contribution in [3.8, 4) is 0 Å². The number of nitrogens with zero attached hydrogens (tertiary/aromatic N) is 1. The summed E-state index contributed by atoms with van der Waals surface area (Å²) >= 11 is 8.81. The minimum atomic E-state index is -0.268. The third kappa shape index (κ3) is 5.02. The molecule has 0 aliphatic heterocycles. The van der Waals surface area contributed by atoms with E-state index < -0.39 is 0 Å². The molecule has 0 spiro atoms. The van der Waals surface area contributed by atoms with Gasteiger partial charge in [0.2, 0.25) is 5.91 Å². The SMILES string of the molecule is CCN(Cc1ccc(Cl)s1)C(=O)CSc1ccc(F)cc1. The van der Waals surface area contributed by atoms with Crippen molar-refractivity contribution >= 4 is 40.6 Å². The van der Waals surface area contributed by atoms with Gasteiger partial charge in [0.25, 0.3) is 0 Å². The van der Waals surface area contributed by atoms with E-state index in [1.54, 1.807) is 17.0 Å². The molecule has 112 valence electrons. The Hall–Kier alpha value is -1.04. The summed E-state index contributed by atoms with van der Waals surface area (Å²) in [5.41, 5.74) is 0. The van der Waals surface area contributed by atoms with Gasteiger partial charge in [-0.15, -0.1) is 23.1 Å². The standard InChI is InChI=1S/C15H15ClFNOS2/c1-2-18(9-13-7-8-14(16)21-13)15(19)10-20-12-5-3-11(17)4-6-12/h3-8H,2,9-10H2,1H3. The van der Waals surface area contributed by atoms with Gasteiger partial charge in [0, 0.05) is 16.3 Å². The van der Waals surface area contributed by atoms with Crippen LogP contribution < -0.4 is 0 Å². The molecule has 0 saturated carbocycles. The molecule has 0 radical (unpaired) electrons. The van der Waals surface area contributed by atoms with Gasteiger partial charge in [-0.1, -0.05) is 11.6 Å². The normalized spacial score (nSPS) is 10.6. The lowest BCUT2D eigenvalue weighted by molar-refractivity contribution is -0.128. The molecule has 0 aliphatic carbocycles. The second-order valence-corrected chi connectivity index (χ2v) is 7.20. The van der Waals surface area contributed by atoms with Crippen molar-refractivity contribution in [3.05, 3.63) is 51.4 Å². The number of thioether (sulfide) groups is 1. The Morgan fingerprint density at radius 3 is 2.57 bits per heavy atom. The van der Waals surface area contributed by atoms with Gasteiger partial charge < -0.3 is 4.90 Å². The van der Waals surface area contributed by atoms with E-state index in [4.69, 9.17) is 11.6 Å². The smallest absolute Gasteiger partial charge is 0.233 e. The van der Waals surface area contributed by atoms with Crippen molar-refractivity contribution in [1.29, 1.82) is 0 Å². The number of hydrogen-bond donors (Lipinski definition) is 0. The molecule has 6 heteroatoms. The molecule has 0 aliphatic rings. The van der Waals surface area contributed by atoms with Gasteiger partial charge in [-0.05, 0) is 43.3 Å². The Morgan fingerprint density at radius 1 is 1.29 bits per heavy atom. The van der Waals surface area contributed by atoms with E-state index in [2.05, 4.69) is 0 Å². The monoisotopic (exact) mass is 343 g/mol. The zero-order valence-corrected chi connectivity index (χ0v) is 13.9. The van der Waals surface area contributed by atoms with E-state index in [1.807, 2.05) is 19.1 Å². The molecule has 1 aromatic carbocycles. The summed E-state index contributed by atoms with van der Waals surface area (Å²) in [6, 6.07) is 9.95. The van der Waals surface area contributed by atoms with E-state index in [0.717, 1.165) is 14.1 Å². The molecule has 1 heterocycles. The van der Waals surface area contributed by atoms with Gasteiger partial charge in [-0.3, -0.25) is 4.79 Å². The van der Waals surface area contributed by atoms with Crippen LogP contribution >= 0.6 is 34.7 Å². The van der Waals surface area contributed by atoms with E-state index in [1.165, 1.54) is 35.2 Å². The third-order valence-corrected chi connectivity index (χ3v) is 5.10. The molecule has 2 nitrogen and oxygen atoms in total. The van der Waals surface area contributed by atoms with Crippen molar-refractivity contribution < 1.29 is 9.18 Å². The molecule has 2 rings (SSSR count). The zero-order chi connectivity index (χ0) is 15.2. The number of amides is 1. The third-order valence-electron chi connectivity index (χ3n) is 2.89. The van der Waals surface area contributed by atoms with Crippen molar-refractivity contribution in [2.24, 2.45) is 0 Å². The van der Waals surface area contributed by atoms with Crippen LogP contribution in [0, 0.1) is 5.82 Å². The van der Waals surface area contributed by atoms with Gasteiger partial charge in [-0.25, -0.2) is 4.39 Å². The maximum atomic E-state index is 12.8. The highest BCUT2D eigenvalue weighted by Gasteiger charge is 2.13. The highest BCUT2D eigenvalue weighted by atomic mass is 35.5. The zero-order valence-electron chi connectivity index (χ0n) is 11.5. The van der Waals surface area contributed by atoms with Crippen LogP contribution in [-0.4, -0.2) is 23.1 Å². The summed E-state index contributed by atoms with van der Waals surface area (Å²) in [6.45, 7) is 3.19. The van der Waals surface area contributed by atoms with Crippen LogP contribution in [0.3, 0.4) is 0 Å². The molecular weight excluding hydrogens is 329 g/mol. The summed E-state index contributed by atoms with van der Waals surface area (Å²) in [5.74, 6) is 0.144. The molecule has 0 unspecified atom stereocenters. The molecule has 0 saturated heterocycles. The lowest BCUT2D eigenvalue weighted by atomic mass is 10.4. The minimum Gasteiger partial charge on any atom is -0.337 e. The lowest BCUT2D eigenvalue weighted by Gasteiger charge is -2.19. The first kappa shape index (κ1) is 16.3. The van der Waals surface area contributed by atoms with Gasteiger partial charge >= 0.3 is 0 Å². The molecular formula is C15H15ClFNOS2. The molecule has 1 amide bonds. The van der Waals surface area contributed by atoms with Gasteiger partial charge in [-0.2, -0.15) is 0 Å². The quantitative estimate of drug-likeness (QED) is 0.710. The van der Waals surface area contributed by atoms with Crippen LogP contribution in [0.25, 0.3) is 0 Å². The summed E-state index contributed by atoms with van der Waals surface area (Å²) in [6.07, 6.45) is 0. The van der Waals surface area contributed by atoms with E-state index in [-0.39, 0.29) is 11.7 Å². The van der Waals surface area contributed by atoms with E-state index in [9.17, 15) is 9.18 Å². The topological polar surface area (TPSA) is 20.3 Å². The average molecular weight is 344 g/mol. The summed E-state index contributed by atoms with van der Waals surface area (Å²) in [7, 11) is 0. The fourth-order valence-corrected chi connectivity index (χ4v) is 3.67. The van der Waals surface area contributed by atoms with E-state index >= 15 is 0 Å². The molecule has 0 fully saturated rings. The highest BCUT2D eigenvalue weighted by molar-refractivity contribution is 8.00. The van der Waals surface area contributed by atoms with Crippen molar-refractivity contribution in [2.45, 2.75) is 18.4 Å². The van der Waals surface area contributed by atoms with Crippen molar-refractivity contribution in [2.75, 3.05) is 12.3 Å². The number of carbonyl (C=O) groups excluding carboxylic acids is 1. The second-order valence-electron chi connectivity index (χ2n) is 4.36. The maximum absolute atomic E-state index is 12.8. The van der Waals surface area contributed by atoms with Crippen molar-refractivity contribution in [1.82, 2.24) is 4.90 Å². The predicted molar refractivity (Wildman–Crippen MR) is 87.5 cm³/mol. The number of hydrogen-bond acceptors (Lipinski definition) is 3. The van der Waals surface area contributed by atoms with E-state index in [0.29, 0.717) is 18.8 Å². The Labute approximate surface area is 136 Å². The fourth-order valence-electron chi connectivity index (χ4n) is 1.77. The average Bonchev–Trinajstić information content (AvgIpc) is 2.89. The van der Waals surface area contributed by atoms with Crippen LogP contribution in [-0.2, 0) is 11.3 Å².